The normalized spacial score (nSPS) is 19.2. The maximum atomic E-state index is 12.9. The van der Waals surface area contributed by atoms with Gasteiger partial charge in [0.05, 0.1) is 27.9 Å². The number of hydrogen-bond acceptors (Lipinski definition) is 7. The predicted octanol–water partition coefficient (Wildman–Crippen LogP) is 1.67. The van der Waals surface area contributed by atoms with Gasteiger partial charge in [-0.05, 0) is 48.9 Å². The average Bonchev–Trinajstić information content (AvgIpc) is 2.72. The number of carbonyl (C=O) groups is 3. The second kappa shape index (κ2) is 7.98. The number of hydrogen-bond donors (Lipinski definition) is 0. The van der Waals surface area contributed by atoms with E-state index < -0.39 is 17.4 Å². The maximum Gasteiger partial charge on any atom is 0.321 e. The molecule has 0 aromatic heterocycles. The summed E-state index contributed by atoms with van der Waals surface area (Å²) < 4.78 is 21.1. The second-order valence-corrected chi connectivity index (χ2v) is 6.60. The number of amides is 1. The third kappa shape index (κ3) is 3.35. The van der Waals surface area contributed by atoms with Crippen LogP contribution >= 0.6 is 0 Å². The molecule has 3 rings (SSSR count). The highest BCUT2D eigenvalue weighted by atomic mass is 16.5. The minimum Gasteiger partial charge on any atom is -0.493 e. The molecule has 1 aromatic rings. The number of rotatable bonds is 7. The fourth-order valence-corrected chi connectivity index (χ4v) is 3.69. The SMILES string of the molecule is CCOC(=O)C1C(=O)N(Cc2cc(OC)c(OC)c(OC)c2)C12C=CC(=O)C=C2. The Morgan fingerprint density at radius 1 is 1.03 bits per heavy atom. The molecule has 1 unspecified atom stereocenters. The van der Waals surface area contributed by atoms with Gasteiger partial charge in [-0.1, -0.05) is 0 Å². The van der Waals surface area contributed by atoms with Crippen LogP contribution in [0.15, 0.2) is 36.4 Å². The zero-order chi connectivity index (χ0) is 21.2. The summed E-state index contributed by atoms with van der Waals surface area (Å²) in [4.78, 5) is 38.4. The molecule has 1 heterocycles. The van der Waals surface area contributed by atoms with Crippen LogP contribution in [-0.2, 0) is 25.7 Å². The van der Waals surface area contributed by atoms with Gasteiger partial charge in [-0.2, -0.15) is 0 Å². The Morgan fingerprint density at radius 2 is 1.62 bits per heavy atom. The molecule has 154 valence electrons. The molecule has 1 aromatic carbocycles. The third-order valence-corrected chi connectivity index (χ3v) is 5.06. The Labute approximate surface area is 168 Å². The van der Waals surface area contributed by atoms with Gasteiger partial charge >= 0.3 is 5.97 Å². The van der Waals surface area contributed by atoms with E-state index in [0.29, 0.717) is 22.8 Å². The molecule has 1 aliphatic carbocycles. The molecule has 2 aliphatic rings. The fourth-order valence-electron chi connectivity index (χ4n) is 3.69. The number of allylic oxidation sites excluding steroid dienone is 2. The molecule has 1 fully saturated rings. The van der Waals surface area contributed by atoms with Gasteiger partial charge in [0.1, 0.15) is 5.54 Å². The number of carbonyl (C=O) groups excluding carboxylic acids is 3. The van der Waals surface area contributed by atoms with Crippen molar-refractivity contribution < 1.29 is 33.3 Å². The smallest absolute Gasteiger partial charge is 0.321 e. The van der Waals surface area contributed by atoms with E-state index >= 15 is 0 Å². The molecule has 0 bridgehead atoms. The maximum absolute atomic E-state index is 12.9. The van der Waals surface area contributed by atoms with Crippen LogP contribution in [0.3, 0.4) is 0 Å². The first-order valence-corrected chi connectivity index (χ1v) is 9.11. The van der Waals surface area contributed by atoms with Crippen molar-refractivity contribution >= 4 is 17.7 Å². The van der Waals surface area contributed by atoms with E-state index in [0.717, 1.165) is 0 Å². The van der Waals surface area contributed by atoms with E-state index in [1.54, 1.807) is 31.2 Å². The Kier molecular flexibility index (Phi) is 5.63. The lowest BCUT2D eigenvalue weighted by molar-refractivity contribution is -0.177. The van der Waals surface area contributed by atoms with Crippen molar-refractivity contribution in [1.29, 1.82) is 0 Å². The summed E-state index contributed by atoms with van der Waals surface area (Å²) in [7, 11) is 4.52. The minimum absolute atomic E-state index is 0.165. The van der Waals surface area contributed by atoms with Crippen LogP contribution in [0.25, 0.3) is 0 Å². The van der Waals surface area contributed by atoms with Crippen LogP contribution in [0.2, 0.25) is 0 Å². The van der Waals surface area contributed by atoms with Crippen LogP contribution in [0, 0.1) is 5.92 Å². The minimum atomic E-state index is -1.04. The van der Waals surface area contributed by atoms with E-state index in [9.17, 15) is 14.4 Å². The van der Waals surface area contributed by atoms with E-state index in [1.165, 1.54) is 38.4 Å². The summed E-state index contributed by atoms with van der Waals surface area (Å²) >= 11 is 0. The Morgan fingerprint density at radius 3 is 2.10 bits per heavy atom. The molecule has 0 radical (unpaired) electrons. The van der Waals surface area contributed by atoms with Crippen molar-refractivity contribution in [2.75, 3.05) is 27.9 Å². The van der Waals surface area contributed by atoms with Gasteiger partial charge in [0.25, 0.3) is 0 Å². The molecule has 8 heteroatoms. The average molecular weight is 401 g/mol. The van der Waals surface area contributed by atoms with E-state index in [-0.39, 0.29) is 24.8 Å². The lowest BCUT2D eigenvalue weighted by Gasteiger charge is -2.54. The van der Waals surface area contributed by atoms with Crippen molar-refractivity contribution in [3.8, 4) is 17.2 Å². The fraction of sp³-hybridized carbons (Fsp3) is 0.381. The Hall–Kier alpha value is -3.29. The number of methoxy groups -OCH3 is 3. The predicted molar refractivity (Wildman–Crippen MR) is 103 cm³/mol. The summed E-state index contributed by atoms with van der Waals surface area (Å²) in [5.41, 5.74) is -0.328. The molecule has 1 aliphatic heterocycles. The Balaban J connectivity index is 1.97. The molecule has 29 heavy (non-hydrogen) atoms. The standard InChI is InChI=1S/C21H23NO7/c1-5-29-20(25)17-19(24)22(21(17)8-6-14(23)7-9-21)12-13-10-15(26-2)18(28-4)16(11-13)27-3/h6-11,17H,5,12H2,1-4H3. The second-order valence-electron chi connectivity index (χ2n) is 6.60. The number of β-lactam (4-membered cyclic amide) rings is 1. The summed E-state index contributed by atoms with van der Waals surface area (Å²) in [6.07, 6.45) is 5.88. The van der Waals surface area contributed by atoms with Crippen molar-refractivity contribution in [1.82, 2.24) is 4.90 Å². The van der Waals surface area contributed by atoms with E-state index in [1.807, 2.05) is 0 Å². The van der Waals surface area contributed by atoms with Gasteiger partial charge in [0.15, 0.2) is 23.2 Å². The first-order chi connectivity index (χ1) is 13.9. The van der Waals surface area contributed by atoms with Gasteiger partial charge in [0.2, 0.25) is 11.7 Å². The summed E-state index contributed by atoms with van der Waals surface area (Å²) in [6, 6.07) is 3.48. The van der Waals surface area contributed by atoms with Crippen molar-refractivity contribution in [3.63, 3.8) is 0 Å². The monoisotopic (exact) mass is 401 g/mol. The topological polar surface area (TPSA) is 91.4 Å². The molecular formula is C21H23NO7. The van der Waals surface area contributed by atoms with Crippen LogP contribution in [0.5, 0.6) is 17.2 Å². The molecule has 0 N–H and O–H groups in total. The highest BCUT2D eigenvalue weighted by Gasteiger charge is 2.62. The van der Waals surface area contributed by atoms with Gasteiger partial charge in [-0.3, -0.25) is 14.4 Å². The molecule has 0 saturated carbocycles. The molecule has 1 atom stereocenters. The van der Waals surface area contributed by atoms with Gasteiger partial charge in [-0.15, -0.1) is 0 Å². The molecule has 1 spiro atoms. The largest absolute Gasteiger partial charge is 0.493 e. The van der Waals surface area contributed by atoms with Crippen LogP contribution < -0.4 is 14.2 Å². The van der Waals surface area contributed by atoms with Crippen molar-refractivity contribution in [3.05, 3.63) is 42.0 Å². The number of esters is 1. The first-order valence-electron chi connectivity index (χ1n) is 9.11. The third-order valence-electron chi connectivity index (χ3n) is 5.06. The summed E-state index contributed by atoms with van der Waals surface area (Å²) in [5, 5.41) is 0. The van der Waals surface area contributed by atoms with Crippen molar-refractivity contribution in [2.24, 2.45) is 5.92 Å². The zero-order valence-corrected chi connectivity index (χ0v) is 16.8. The zero-order valence-electron chi connectivity index (χ0n) is 16.8. The van der Waals surface area contributed by atoms with Crippen molar-refractivity contribution in [2.45, 2.75) is 19.0 Å². The van der Waals surface area contributed by atoms with Crippen LogP contribution in [0.4, 0.5) is 0 Å². The number of ketones is 1. The van der Waals surface area contributed by atoms with Gasteiger partial charge in [0, 0.05) is 6.54 Å². The van der Waals surface area contributed by atoms with Crippen LogP contribution in [0.1, 0.15) is 12.5 Å². The summed E-state index contributed by atoms with van der Waals surface area (Å²) in [5.74, 6) is -0.860. The number of benzene rings is 1. The van der Waals surface area contributed by atoms with E-state index in [2.05, 4.69) is 0 Å². The molecular weight excluding hydrogens is 378 g/mol. The first kappa shape index (κ1) is 20.4. The van der Waals surface area contributed by atoms with Crippen LogP contribution in [-0.4, -0.2) is 56.0 Å². The van der Waals surface area contributed by atoms with E-state index in [4.69, 9.17) is 18.9 Å². The summed E-state index contributed by atoms with van der Waals surface area (Å²) in [6.45, 7) is 2.02. The number of ether oxygens (including phenoxy) is 4. The lowest BCUT2D eigenvalue weighted by atomic mass is 9.70. The van der Waals surface area contributed by atoms with Gasteiger partial charge in [-0.25, -0.2) is 0 Å². The quantitative estimate of drug-likeness (QED) is 0.390. The Bertz CT molecular complexity index is 861. The van der Waals surface area contributed by atoms with Gasteiger partial charge < -0.3 is 23.8 Å². The lowest BCUT2D eigenvalue weighted by Crippen LogP contribution is -2.71. The number of nitrogens with zero attached hydrogens (tertiary/aromatic N) is 1. The molecule has 1 saturated heterocycles. The highest BCUT2D eigenvalue weighted by Crippen LogP contribution is 2.45. The number of likely N-dealkylation sites (tertiary alicyclic amines) is 1. The molecule has 8 nitrogen and oxygen atoms in total. The molecule has 1 amide bonds. The highest BCUT2D eigenvalue weighted by molar-refractivity contribution is 6.09.